The van der Waals surface area contributed by atoms with Crippen LogP contribution in [0.15, 0.2) is 6.20 Å². The number of halogens is 2. The molecule has 0 atom stereocenters. The molecule has 2 heterocycles. The number of aromatic nitrogens is 5. The van der Waals surface area contributed by atoms with E-state index in [1.807, 2.05) is 0 Å². The summed E-state index contributed by atoms with van der Waals surface area (Å²) < 4.78 is 1.22. The van der Waals surface area contributed by atoms with E-state index >= 15 is 0 Å². The van der Waals surface area contributed by atoms with Crippen LogP contribution in [-0.4, -0.2) is 24.7 Å². The zero-order chi connectivity index (χ0) is 11.0. The maximum Gasteiger partial charge on any atom is 0.258 e. The SMILES string of the molecule is Nc1cnn(-c2nc(Cl)nc(Cl)n2)c1N. The zero-order valence-electron chi connectivity index (χ0n) is 7.22. The summed E-state index contributed by atoms with van der Waals surface area (Å²) in [4.78, 5) is 11.2. The second-order valence-electron chi connectivity index (χ2n) is 2.57. The molecule has 0 bridgehead atoms. The highest BCUT2D eigenvalue weighted by atomic mass is 35.5. The van der Waals surface area contributed by atoms with Crippen molar-refractivity contribution in [2.45, 2.75) is 0 Å². The van der Waals surface area contributed by atoms with Crippen LogP contribution in [0.3, 0.4) is 0 Å². The van der Waals surface area contributed by atoms with Gasteiger partial charge in [-0.1, -0.05) is 0 Å². The standard InChI is InChI=1S/C6H5Cl2N7/c7-4-12-5(8)14-6(13-4)15-3(10)2(9)1-11-15/h1H,9-10H2. The lowest BCUT2D eigenvalue weighted by atomic mass is 10.5. The molecule has 2 aromatic rings. The molecular formula is C6H5Cl2N7. The van der Waals surface area contributed by atoms with Gasteiger partial charge in [0, 0.05) is 0 Å². The molecule has 2 rings (SSSR count). The molecule has 0 aliphatic carbocycles. The lowest BCUT2D eigenvalue weighted by Crippen LogP contribution is -2.08. The molecule has 0 amide bonds. The van der Waals surface area contributed by atoms with Crippen molar-refractivity contribution in [1.82, 2.24) is 24.7 Å². The summed E-state index contributed by atoms with van der Waals surface area (Å²) in [7, 11) is 0. The highest BCUT2D eigenvalue weighted by Crippen LogP contribution is 2.17. The van der Waals surface area contributed by atoms with Crippen LogP contribution in [0.2, 0.25) is 10.6 Å². The Bertz CT molecular complexity index is 488. The van der Waals surface area contributed by atoms with Crippen LogP contribution in [0.25, 0.3) is 5.95 Å². The van der Waals surface area contributed by atoms with Crippen LogP contribution in [0.1, 0.15) is 0 Å². The molecule has 0 saturated heterocycles. The predicted octanol–water partition coefficient (Wildman–Crippen LogP) is 0.529. The molecule has 0 fully saturated rings. The number of nitrogens with zero attached hydrogens (tertiary/aromatic N) is 5. The maximum atomic E-state index is 5.62. The van der Waals surface area contributed by atoms with Gasteiger partial charge in [0.2, 0.25) is 10.6 Å². The van der Waals surface area contributed by atoms with E-state index in [0.29, 0.717) is 5.69 Å². The minimum atomic E-state index is -0.0431. The molecule has 0 aliphatic rings. The topological polar surface area (TPSA) is 109 Å². The average molecular weight is 246 g/mol. The van der Waals surface area contributed by atoms with Crippen LogP contribution in [0.4, 0.5) is 11.5 Å². The first-order chi connectivity index (χ1) is 7.08. The number of anilines is 2. The van der Waals surface area contributed by atoms with Gasteiger partial charge >= 0.3 is 0 Å². The van der Waals surface area contributed by atoms with Crippen molar-refractivity contribution in [3.63, 3.8) is 0 Å². The monoisotopic (exact) mass is 245 g/mol. The van der Waals surface area contributed by atoms with Gasteiger partial charge in [-0.15, -0.1) is 0 Å². The van der Waals surface area contributed by atoms with E-state index in [4.69, 9.17) is 34.7 Å². The molecule has 0 saturated carbocycles. The molecule has 78 valence electrons. The Morgan fingerprint density at radius 1 is 1.07 bits per heavy atom. The first-order valence-electron chi connectivity index (χ1n) is 3.74. The van der Waals surface area contributed by atoms with E-state index in [0.717, 1.165) is 0 Å². The van der Waals surface area contributed by atoms with E-state index in [1.54, 1.807) is 0 Å². The van der Waals surface area contributed by atoms with E-state index < -0.39 is 0 Å². The molecule has 9 heteroatoms. The van der Waals surface area contributed by atoms with Crippen molar-refractivity contribution in [3.8, 4) is 5.95 Å². The summed E-state index contributed by atoms with van der Waals surface area (Å²) in [5, 5.41) is 3.78. The Morgan fingerprint density at radius 2 is 1.67 bits per heavy atom. The minimum Gasteiger partial charge on any atom is -0.394 e. The summed E-state index contributed by atoms with van der Waals surface area (Å²) in [6, 6.07) is 0. The molecular weight excluding hydrogens is 241 g/mol. The Morgan fingerprint density at radius 3 is 2.13 bits per heavy atom. The third kappa shape index (κ3) is 1.79. The second-order valence-corrected chi connectivity index (χ2v) is 3.25. The van der Waals surface area contributed by atoms with Gasteiger partial charge in [0.25, 0.3) is 5.95 Å². The summed E-state index contributed by atoms with van der Waals surface area (Å²) in [6.45, 7) is 0. The Balaban J connectivity index is 2.58. The smallest absolute Gasteiger partial charge is 0.258 e. The van der Waals surface area contributed by atoms with Crippen LogP contribution in [0.5, 0.6) is 0 Å². The van der Waals surface area contributed by atoms with Crippen molar-refractivity contribution in [2.75, 3.05) is 11.5 Å². The van der Waals surface area contributed by atoms with Crippen LogP contribution < -0.4 is 11.5 Å². The fourth-order valence-corrected chi connectivity index (χ4v) is 1.30. The average Bonchev–Trinajstić information content (AvgIpc) is 2.46. The van der Waals surface area contributed by atoms with Gasteiger partial charge in [-0.3, -0.25) is 0 Å². The van der Waals surface area contributed by atoms with Gasteiger partial charge in [0.15, 0.2) is 5.82 Å². The highest BCUT2D eigenvalue weighted by Gasteiger charge is 2.11. The zero-order valence-corrected chi connectivity index (χ0v) is 8.74. The molecule has 2 aromatic heterocycles. The molecule has 0 aliphatic heterocycles. The Labute approximate surface area is 94.0 Å². The van der Waals surface area contributed by atoms with Gasteiger partial charge in [-0.05, 0) is 23.2 Å². The molecule has 0 unspecified atom stereocenters. The van der Waals surface area contributed by atoms with Crippen molar-refractivity contribution >= 4 is 34.7 Å². The number of rotatable bonds is 1. The molecule has 0 spiro atoms. The van der Waals surface area contributed by atoms with E-state index in [1.165, 1.54) is 10.9 Å². The third-order valence-corrected chi connectivity index (χ3v) is 1.93. The lowest BCUT2D eigenvalue weighted by molar-refractivity contribution is 0.804. The Hall–Kier alpha value is -1.60. The molecule has 7 nitrogen and oxygen atoms in total. The van der Waals surface area contributed by atoms with Gasteiger partial charge in [0.05, 0.1) is 11.9 Å². The molecule has 0 radical (unpaired) electrons. The number of hydrogen-bond donors (Lipinski definition) is 2. The number of nitrogen functional groups attached to an aromatic ring is 2. The number of hydrogen-bond acceptors (Lipinski definition) is 6. The predicted molar refractivity (Wildman–Crippen MR) is 55.8 cm³/mol. The van der Waals surface area contributed by atoms with Crippen LogP contribution >= 0.6 is 23.2 Å². The van der Waals surface area contributed by atoms with Gasteiger partial charge in [0.1, 0.15) is 0 Å². The fraction of sp³-hybridized carbons (Fsp3) is 0. The third-order valence-electron chi connectivity index (χ3n) is 1.59. The van der Waals surface area contributed by atoms with Gasteiger partial charge in [-0.25, -0.2) is 0 Å². The van der Waals surface area contributed by atoms with Crippen molar-refractivity contribution in [2.24, 2.45) is 0 Å². The quantitative estimate of drug-likeness (QED) is 0.759. The van der Waals surface area contributed by atoms with Crippen LogP contribution in [0, 0.1) is 0 Å². The van der Waals surface area contributed by atoms with Gasteiger partial charge in [-0.2, -0.15) is 24.7 Å². The fourth-order valence-electron chi connectivity index (χ4n) is 0.941. The molecule has 15 heavy (non-hydrogen) atoms. The van der Waals surface area contributed by atoms with Gasteiger partial charge < -0.3 is 11.5 Å². The summed E-state index contributed by atoms with van der Waals surface area (Å²) in [6.07, 6.45) is 1.38. The minimum absolute atomic E-state index is 0.0431. The van der Waals surface area contributed by atoms with Crippen molar-refractivity contribution in [3.05, 3.63) is 16.8 Å². The maximum absolute atomic E-state index is 5.62. The first kappa shape index (κ1) is 9.94. The van der Waals surface area contributed by atoms with Crippen molar-refractivity contribution in [1.29, 1.82) is 0 Å². The summed E-state index contributed by atoms with van der Waals surface area (Å²) in [5.74, 6) is 0.336. The number of nitrogens with two attached hydrogens (primary N) is 2. The van der Waals surface area contributed by atoms with E-state index in [-0.39, 0.29) is 22.3 Å². The normalized spacial score (nSPS) is 10.5. The van der Waals surface area contributed by atoms with E-state index in [2.05, 4.69) is 20.1 Å². The largest absolute Gasteiger partial charge is 0.394 e. The summed E-state index contributed by atoms with van der Waals surface area (Å²) in [5.41, 5.74) is 11.5. The molecule has 0 aromatic carbocycles. The second kappa shape index (κ2) is 3.52. The summed E-state index contributed by atoms with van der Waals surface area (Å²) >= 11 is 11.2. The first-order valence-corrected chi connectivity index (χ1v) is 4.50. The molecule has 4 N–H and O–H groups in total. The van der Waals surface area contributed by atoms with Crippen LogP contribution in [-0.2, 0) is 0 Å². The lowest BCUT2D eigenvalue weighted by Gasteiger charge is -2.02. The highest BCUT2D eigenvalue weighted by molar-refractivity contribution is 6.31. The van der Waals surface area contributed by atoms with E-state index in [9.17, 15) is 0 Å². The Kier molecular flexibility index (Phi) is 2.33. The van der Waals surface area contributed by atoms with Crippen molar-refractivity contribution < 1.29 is 0 Å².